The number of halogens is 3. The summed E-state index contributed by atoms with van der Waals surface area (Å²) >= 11 is 0. The van der Waals surface area contributed by atoms with Crippen LogP contribution in [0.4, 0.5) is 13.2 Å². The molecule has 2 rings (SSSR count). The Kier molecular flexibility index (Phi) is 4.25. The second-order valence-corrected chi connectivity index (χ2v) is 5.63. The van der Waals surface area contributed by atoms with E-state index in [-0.39, 0.29) is 12.8 Å². The van der Waals surface area contributed by atoms with E-state index < -0.39 is 35.9 Å². The van der Waals surface area contributed by atoms with Gasteiger partial charge in [-0.25, -0.2) is 4.79 Å². The van der Waals surface area contributed by atoms with E-state index in [0.29, 0.717) is 32.2 Å². The van der Waals surface area contributed by atoms with E-state index in [1.54, 1.807) is 0 Å². The van der Waals surface area contributed by atoms with Gasteiger partial charge in [0.2, 0.25) is 5.91 Å². The van der Waals surface area contributed by atoms with Crippen LogP contribution < -0.4 is 0 Å². The van der Waals surface area contributed by atoms with Gasteiger partial charge >= 0.3 is 12.1 Å². The summed E-state index contributed by atoms with van der Waals surface area (Å²) in [7, 11) is 0. The molecular weight excluding hydrogens is 275 g/mol. The molecule has 0 aromatic heterocycles. The summed E-state index contributed by atoms with van der Waals surface area (Å²) in [5.41, 5.74) is 0. The summed E-state index contributed by atoms with van der Waals surface area (Å²) in [5.74, 6) is -3.60. The molecule has 20 heavy (non-hydrogen) atoms. The Balaban J connectivity index is 2.03. The van der Waals surface area contributed by atoms with Gasteiger partial charge in [-0.3, -0.25) is 4.79 Å². The molecule has 7 heteroatoms. The molecule has 114 valence electrons. The van der Waals surface area contributed by atoms with Crippen LogP contribution in [0.15, 0.2) is 0 Å². The SMILES string of the molecule is O=C(O)[C@@H]1CCCN1C(=O)C1CCCC(C(F)(F)F)C1. The number of amides is 1. The summed E-state index contributed by atoms with van der Waals surface area (Å²) in [6, 6.07) is -0.867. The van der Waals surface area contributed by atoms with Crippen molar-refractivity contribution in [2.24, 2.45) is 11.8 Å². The fraction of sp³-hybridized carbons (Fsp3) is 0.846. The van der Waals surface area contributed by atoms with Gasteiger partial charge in [0, 0.05) is 12.5 Å². The molecule has 3 atom stereocenters. The zero-order valence-corrected chi connectivity index (χ0v) is 11.0. The molecule has 0 bridgehead atoms. The highest BCUT2D eigenvalue weighted by Gasteiger charge is 2.45. The molecule has 1 saturated heterocycles. The molecule has 0 aromatic rings. The highest BCUT2D eigenvalue weighted by atomic mass is 19.4. The standard InChI is InChI=1S/C13H18F3NO3/c14-13(15,16)9-4-1-3-8(7-9)11(18)17-6-2-5-10(17)12(19)20/h8-10H,1-7H2,(H,19,20)/t8?,9?,10-/m0/s1. The number of nitrogens with zero attached hydrogens (tertiary/aromatic N) is 1. The van der Waals surface area contributed by atoms with Gasteiger partial charge in [-0.1, -0.05) is 6.42 Å². The largest absolute Gasteiger partial charge is 0.480 e. The number of carboxylic acid groups (broad SMARTS) is 1. The number of rotatable bonds is 2. The van der Waals surface area contributed by atoms with Crippen molar-refractivity contribution in [1.29, 1.82) is 0 Å². The second kappa shape index (κ2) is 5.61. The van der Waals surface area contributed by atoms with Crippen molar-refractivity contribution >= 4 is 11.9 Å². The van der Waals surface area contributed by atoms with Crippen LogP contribution in [0.2, 0.25) is 0 Å². The van der Waals surface area contributed by atoms with Crippen LogP contribution in [-0.4, -0.2) is 40.6 Å². The normalized spacial score (nSPS) is 31.4. The van der Waals surface area contributed by atoms with Gasteiger partial charge in [0.1, 0.15) is 6.04 Å². The van der Waals surface area contributed by atoms with Crippen molar-refractivity contribution < 1.29 is 27.9 Å². The first kappa shape index (κ1) is 15.1. The number of hydrogen-bond donors (Lipinski definition) is 1. The summed E-state index contributed by atoms with van der Waals surface area (Å²) in [5, 5.41) is 9.04. The Morgan fingerprint density at radius 3 is 2.40 bits per heavy atom. The number of hydrogen-bond acceptors (Lipinski definition) is 2. The Morgan fingerprint density at radius 1 is 1.10 bits per heavy atom. The van der Waals surface area contributed by atoms with Crippen LogP contribution in [0.25, 0.3) is 0 Å². The third-order valence-corrected chi connectivity index (χ3v) is 4.31. The minimum Gasteiger partial charge on any atom is -0.480 e. The Bertz CT molecular complexity index is 397. The minimum absolute atomic E-state index is 0.0651. The van der Waals surface area contributed by atoms with E-state index in [1.165, 1.54) is 4.90 Å². The lowest BCUT2D eigenvalue weighted by Gasteiger charge is -2.33. The van der Waals surface area contributed by atoms with Gasteiger partial charge in [-0.2, -0.15) is 13.2 Å². The van der Waals surface area contributed by atoms with Crippen LogP contribution in [-0.2, 0) is 9.59 Å². The molecule has 2 unspecified atom stereocenters. The van der Waals surface area contributed by atoms with Gasteiger partial charge in [0.05, 0.1) is 5.92 Å². The molecule has 2 aliphatic rings. The van der Waals surface area contributed by atoms with E-state index in [0.717, 1.165) is 0 Å². The summed E-state index contributed by atoms with van der Waals surface area (Å²) in [6.07, 6.45) is -2.63. The maximum atomic E-state index is 12.7. The van der Waals surface area contributed by atoms with E-state index in [1.807, 2.05) is 0 Å². The molecule has 0 spiro atoms. The molecular formula is C13H18F3NO3. The van der Waals surface area contributed by atoms with Crippen molar-refractivity contribution in [2.75, 3.05) is 6.54 Å². The Hall–Kier alpha value is -1.27. The summed E-state index contributed by atoms with van der Waals surface area (Å²) < 4.78 is 38.2. The lowest BCUT2D eigenvalue weighted by atomic mass is 9.80. The van der Waals surface area contributed by atoms with Crippen LogP contribution in [0.5, 0.6) is 0 Å². The molecule has 4 nitrogen and oxygen atoms in total. The van der Waals surface area contributed by atoms with Gasteiger partial charge in [-0.05, 0) is 32.1 Å². The average Bonchev–Trinajstić information content (AvgIpc) is 2.86. The van der Waals surface area contributed by atoms with Gasteiger partial charge in [0.25, 0.3) is 0 Å². The fourth-order valence-corrected chi connectivity index (χ4v) is 3.23. The summed E-state index contributed by atoms with van der Waals surface area (Å²) in [4.78, 5) is 24.6. The first-order valence-corrected chi connectivity index (χ1v) is 6.90. The zero-order valence-electron chi connectivity index (χ0n) is 11.0. The van der Waals surface area contributed by atoms with Crippen LogP contribution in [0.1, 0.15) is 38.5 Å². The molecule has 1 heterocycles. The van der Waals surface area contributed by atoms with E-state index in [4.69, 9.17) is 5.11 Å². The molecule has 1 aliphatic heterocycles. The van der Waals surface area contributed by atoms with E-state index in [2.05, 4.69) is 0 Å². The van der Waals surface area contributed by atoms with Crippen LogP contribution in [0.3, 0.4) is 0 Å². The summed E-state index contributed by atoms with van der Waals surface area (Å²) in [6.45, 7) is 0.336. The van der Waals surface area contributed by atoms with Crippen LogP contribution >= 0.6 is 0 Å². The fourth-order valence-electron chi connectivity index (χ4n) is 3.23. The first-order valence-electron chi connectivity index (χ1n) is 6.90. The molecule has 1 amide bonds. The number of aliphatic carboxylic acids is 1. The monoisotopic (exact) mass is 293 g/mol. The zero-order chi connectivity index (χ0) is 14.9. The van der Waals surface area contributed by atoms with Gasteiger partial charge < -0.3 is 10.0 Å². The smallest absolute Gasteiger partial charge is 0.391 e. The predicted molar refractivity (Wildman–Crippen MR) is 63.9 cm³/mol. The molecule has 2 fully saturated rings. The number of carbonyl (C=O) groups is 2. The number of carboxylic acids is 1. The van der Waals surface area contributed by atoms with Gasteiger partial charge in [0.15, 0.2) is 0 Å². The lowest BCUT2D eigenvalue weighted by molar-refractivity contribution is -0.187. The highest BCUT2D eigenvalue weighted by molar-refractivity contribution is 5.85. The maximum Gasteiger partial charge on any atom is 0.391 e. The molecule has 1 saturated carbocycles. The van der Waals surface area contributed by atoms with Gasteiger partial charge in [-0.15, -0.1) is 0 Å². The predicted octanol–water partition coefficient (Wildman–Crippen LogP) is 2.43. The average molecular weight is 293 g/mol. The maximum absolute atomic E-state index is 12.7. The van der Waals surface area contributed by atoms with Crippen molar-refractivity contribution in [1.82, 2.24) is 4.90 Å². The number of alkyl halides is 3. The van der Waals surface area contributed by atoms with Crippen molar-refractivity contribution in [3.05, 3.63) is 0 Å². The second-order valence-electron chi connectivity index (χ2n) is 5.63. The minimum atomic E-state index is -4.27. The first-order chi connectivity index (χ1) is 9.30. The quantitative estimate of drug-likeness (QED) is 0.850. The van der Waals surface area contributed by atoms with Crippen molar-refractivity contribution in [3.8, 4) is 0 Å². The Morgan fingerprint density at radius 2 is 1.80 bits per heavy atom. The van der Waals surface area contributed by atoms with Crippen molar-refractivity contribution in [2.45, 2.75) is 50.7 Å². The molecule has 1 aliphatic carbocycles. The van der Waals surface area contributed by atoms with Crippen molar-refractivity contribution in [3.63, 3.8) is 0 Å². The highest BCUT2D eigenvalue weighted by Crippen LogP contribution is 2.41. The molecule has 0 aromatic carbocycles. The Labute approximate surface area is 114 Å². The molecule has 1 N–H and O–H groups in total. The number of carbonyl (C=O) groups excluding carboxylic acids is 1. The van der Waals surface area contributed by atoms with E-state index >= 15 is 0 Å². The topological polar surface area (TPSA) is 57.6 Å². The lowest BCUT2D eigenvalue weighted by Crippen LogP contribution is -2.45. The third-order valence-electron chi connectivity index (χ3n) is 4.31. The number of likely N-dealkylation sites (tertiary alicyclic amines) is 1. The van der Waals surface area contributed by atoms with Crippen LogP contribution in [0, 0.1) is 11.8 Å². The molecule has 0 radical (unpaired) electrons. The third kappa shape index (κ3) is 3.07. The van der Waals surface area contributed by atoms with E-state index in [9.17, 15) is 22.8 Å².